The highest BCUT2D eigenvalue weighted by molar-refractivity contribution is 6.30. The van der Waals surface area contributed by atoms with Crippen LogP contribution >= 0.6 is 11.6 Å². The van der Waals surface area contributed by atoms with E-state index in [1.807, 2.05) is 19.1 Å². The zero-order valence-corrected chi connectivity index (χ0v) is 13.9. The Morgan fingerprint density at radius 1 is 1.27 bits per heavy atom. The Morgan fingerprint density at radius 2 is 1.95 bits per heavy atom. The lowest BCUT2D eigenvalue weighted by Gasteiger charge is -2.37. The maximum atomic E-state index is 5.95. The molecule has 3 rings (SSSR count). The molecule has 0 spiro atoms. The van der Waals surface area contributed by atoms with Gasteiger partial charge in [0.2, 0.25) is 5.89 Å². The highest BCUT2D eigenvalue weighted by Gasteiger charge is 2.23. The van der Waals surface area contributed by atoms with Crippen LogP contribution in [0.3, 0.4) is 0 Å². The van der Waals surface area contributed by atoms with Crippen molar-refractivity contribution >= 4 is 17.3 Å². The summed E-state index contributed by atoms with van der Waals surface area (Å²) in [4.78, 5) is 9.07. The van der Waals surface area contributed by atoms with Gasteiger partial charge in [0.25, 0.3) is 0 Å². The molecule has 4 nitrogen and oxygen atoms in total. The van der Waals surface area contributed by atoms with Gasteiger partial charge in [0.05, 0.1) is 12.7 Å². The number of piperidine rings is 1. The Labute approximate surface area is 136 Å². The summed E-state index contributed by atoms with van der Waals surface area (Å²) in [5.41, 5.74) is 1.26. The zero-order chi connectivity index (χ0) is 15.5. The quantitative estimate of drug-likeness (QED) is 0.859. The minimum absolute atomic E-state index is 0.579. The minimum atomic E-state index is 0.579. The second-order valence-corrected chi connectivity index (χ2v) is 6.41. The Bertz CT molecular complexity index is 603. The number of aromatic nitrogens is 1. The monoisotopic (exact) mass is 319 g/mol. The Hall–Kier alpha value is -1.52. The van der Waals surface area contributed by atoms with Crippen LogP contribution in [0.25, 0.3) is 0 Å². The highest BCUT2D eigenvalue weighted by Crippen LogP contribution is 2.24. The lowest BCUT2D eigenvalue weighted by atomic mass is 10.0. The molecule has 2 aromatic rings. The lowest BCUT2D eigenvalue weighted by molar-refractivity contribution is 0.183. The molecule has 1 aromatic heterocycles. The molecule has 5 heteroatoms. The summed E-state index contributed by atoms with van der Waals surface area (Å²) in [7, 11) is 2.15. The predicted octanol–water partition coefficient (Wildman–Crippen LogP) is 3.74. The van der Waals surface area contributed by atoms with Gasteiger partial charge in [0.1, 0.15) is 5.76 Å². The number of oxazole rings is 1. The van der Waals surface area contributed by atoms with E-state index in [4.69, 9.17) is 16.0 Å². The molecule has 0 atom stereocenters. The van der Waals surface area contributed by atoms with Crippen molar-refractivity contribution < 1.29 is 4.42 Å². The number of hydrogen-bond donors (Lipinski definition) is 0. The van der Waals surface area contributed by atoms with Gasteiger partial charge in [-0.25, -0.2) is 4.98 Å². The van der Waals surface area contributed by atoms with Crippen LogP contribution in [0.1, 0.15) is 24.5 Å². The molecular weight excluding hydrogens is 298 g/mol. The average molecular weight is 320 g/mol. The predicted molar refractivity (Wildman–Crippen MR) is 89.4 cm³/mol. The van der Waals surface area contributed by atoms with E-state index in [2.05, 4.69) is 34.0 Å². The van der Waals surface area contributed by atoms with Crippen molar-refractivity contribution in [1.82, 2.24) is 9.88 Å². The summed E-state index contributed by atoms with van der Waals surface area (Å²) in [5, 5.41) is 0.791. The zero-order valence-electron chi connectivity index (χ0n) is 13.1. The van der Waals surface area contributed by atoms with Crippen LogP contribution in [0.15, 0.2) is 34.9 Å². The van der Waals surface area contributed by atoms with Gasteiger partial charge in [-0.2, -0.15) is 0 Å². The van der Waals surface area contributed by atoms with Crippen LogP contribution < -0.4 is 4.90 Å². The fourth-order valence-electron chi connectivity index (χ4n) is 3.03. The van der Waals surface area contributed by atoms with E-state index in [1.165, 1.54) is 5.69 Å². The molecule has 0 N–H and O–H groups in total. The van der Waals surface area contributed by atoms with Gasteiger partial charge in [0, 0.05) is 29.8 Å². The number of aryl methyl sites for hydroxylation is 1. The van der Waals surface area contributed by atoms with Crippen LogP contribution in [0.2, 0.25) is 5.02 Å². The molecule has 118 valence electrons. The molecule has 1 aliphatic heterocycles. The summed E-state index contributed by atoms with van der Waals surface area (Å²) in [6.07, 6.45) is 4.09. The van der Waals surface area contributed by atoms with Crippen LogP contribution in [-0.4, -0.2) is 36.1 Å². The second kappa shape index (κ2) is 6.71. The Kier molecular flexibility index (Phi) is 4.69. The molecule has 1 saturated heterocycles. The first-order valence-corrected chi connectivity index (χ1v) is 8.11. The molecule has 0 radical (unpaired) electrons. The van der Waals surface area contributed by atoms with Crippen molar-refractivity contribution in [3.63, 3.8) is 0 Å². The SMILES string of the molecule is Cc1cnc(CN(C)C2CCN(c3ccc(Cl)cc3)CC2)o1. The van der Waals surface area contributed by atoms with E-state index in [9.17, 15) is 0 Å². The molecule has 0 saturated carbocycles. The van der Waals surface area contributed by atoms with E-state index >= 15 is 0 Å². The van der Waals surface area contributed by atoms with Gasteiger partial charge in [-0.1, -0.05) is 11.6 Å². The molecule has 1 aromatic carbocycles. The van der Waals surface area contributed by atoms with Gasteiger partial charge in [-0.3, -0.25) is 4.90 Å². The average Bonchev–Trinajstić information content (AvgIpc) is 2.93. The van der Waals surface area contributed by atoms with E-state index in [-0.39, 0.29) is 0 Å². The third-order valence-electron chi connectivity index (χ3n) is 4.33. The molecule has 0 unspecified atom stereocenters. The standard InChI is InChI=1S/C17H22ClN3O/c1-13-11-19-17(22-13)12-20(2)15-7-9-21(10-8-15)16-5-3-14(18)4-6-16/h3-6,11,15H,7-10,12H2,1-2H3. The van der Waals surface area contributed by atoms with Gasteiger partial charge in [0.15, 0.2) is 0 Å². The highest BCUT2D eigenvalue weighted by atomic mass is 35.5. The maximum absolute atomic E-state index is 5.95. The van der Waals surface area contributed by atoms with Crippen molar-refractivity contribution in [2.75, 3.05) is 25.0 Å². The smallest absolute Gasteiger partial charge is 0.208 e. The summed E-state index contributed by atoms with van der Waals surface area (Å²) in [6, 6.07) is 8.69. The first-order valence-electron chi connectivity index (χ1n) is 7.74. The summed E-state index contributed by atoms with van der Waals surface area (Å²) in [5.74, 6) is 1.68. The maximum Gasteiger partial charge on any atom is 0.208 e. The van der Waals surface area contributed by atoms with Gasteiger partial charge in [-0.05, 0) is 51.1 Å². The first-order chi connectivity index (χ1) is 10.6. The van der Waals surface area contributed by atoms with Crippen LogP contribution in [0.4, 0.5) is 5.69 Å². The molecule has 0 amide bonds. The molecule has 0 bridgehead atoms. The van der Waals surface area contributed by atoms with Gasteiger partial charge < -0.3 is 9.32 Å². The normalized spacial score (nSPS) is 16.5. The third-order valence-corrected chi connectivity index (χ3v) is 4.59. The fourth-order valence-corrected chi connectivity index (χ4v) is 3.16. The molecule has 1 fully saturated rings. The van der Waals surface area contributed by atoms with Crippen LogP contribution in [0.5, 0.6) is 0 Å². The van der Waals surface area contributed by atoms with E-state index in [1.54, 1.807) is 6.20 Å². The number of anilines is 1. The molecule has 2 heterocycles. The third kappa shape index (κ3) is 3.62. The fraction of sp³-hybridized carbons (Fsp3) is 0.471. The Balaban J connectivity index is 1.53. The van der Waals surface area contributed by atoms with Gasteiger partial charge in [-0.15, -0.1) is 0 Å². The summed E-state index contributed by atoms with van der Waals surface area (Å²) >= 11 is 5.95. The molecule has 0 aliphatic carbocycles. The van der Waals surface area contributed by atoms with E-state index in [0.29, 0.717) is 6.04 Å². The lowest BCUT2D eigenvalue weighted by Crippen LogP contribution is -2.43. The number of rotatable bonds is 4. The largest absolute Gasteiger partial charge is 0.445 e. The Morgan fingerprint density at radius 3 is 2.55 bits per heavy atom. The molecule has 1 aliphatic rings. The number of nitrogens with zero attached hydrogens (tertiary/aromatic N) is 3. The van der Waals surface area contributed by atoms with E-state index < -0.39 is 0 Å². The van der Waals surface area contributed by atoms with Gasteiger partial charge >= 0.3 is 0 Å². The summed E-state index contributed by atoms with van der Waals surface area (Å²) < 4.78 is 5.57. The van der Waals surface area contributed by atoms with Crippen molar-refractivity contribution in [1.29, 1.82) is 0 Å². The molecular formula is C17H22ClN3O. The van der Waals surface area contributed by atoms with Crippen molar-refractivity contribution in [2.24, 2.45) is 0 Å². The van der Waals surface area contributed by atoms with E-state index in [0.717, 1.165) is 49.1 Å². The number of halogens is 1. The topological polar surface area (TPSA) is 32.5 Å². The summed E-state index contributed by atoms with van der Waals surface area (Å²) in [6.45, 7) is 4.85. The second-order valence-electron chi connectivity index (χ2n) is 5.97. The number of benzene rings is 1. The minimum Gasteiger partial charge on any atom is -0.445 e. The molecule has 22 heavy (non-hydrogen) atoms. The van der Waals surface area contributed by atoms with Crippen LogP contribution in [0, 0.1) is 6.92 Å². The van der Waals surface area contributed by atoms with Crippen molar-refractivity contribution in [3.8, 4) is 0 Å². The number of hydrogen-bond acceptors (Lipinski definition) is 4. The first kappa shape index (κ1) is 15.4. The van der Waals surface area contributed by atoms with Crippen molar-refractivity contribution in [3.05, 3.63) is 47.1 Å². The van der Waals surface area contributed by atoms with Crippen molar-refractivity contribution in [2.45, 2.75) is 32.4 Å². The van der Waals surface area contributed by atoms with Crippen LogP contribution in [-0.2, 0) is 6.54 Å².